The molecule has 7 rings (SSSR count). The van der Waals surface area contributed by atoms with Gasteiger partial charge in [-0.25, -0.2) is 18.4 Å². The summed E-state index contributed by atoms with van der Waals surface area (Å²) in [5, 5.41) is 18.0. The maximum absolute atomic E-state index is 15.5. The SMILES string of the molecule is COc1ccc(-c2cc(C(OC(=O)NC(C)(C)C)C(=O)O)ccc2F)cc1C(=O)N[C@@H]1C2C=C(C3CCCC3)C(CC2)[C@@H]1C(=O)Nc1ccc(F)c(C(F)(F)F)c1. The van der Waals surface area contributed by atoms with Crippen molar-refractivity contribution in [1.82, 2.24) is 10.6 Å². The maximum Gasteiger partial charge on any atom is 0.419 e. The molecule has 4 aliphatic rings. The average Bonchev–Trinajstić information content (AvgIpc) is 3.69. The minimum atomic E-state index is -4.99. The van der Waals surface area contributed by atoms with E-state index in [1.54, 1.807) is 20.8 Å². The molecule has 57 heavy (non-hydrogen) atoms. The quantitative estimate of drug-likeness (QED) is 0.119. The lowest BCUT2D eigenvalue weighted by Gasteiger charge is -2.48. The second-order valence-corrected chi connectivity index (χ2v) is 15.9. The Bertz CT molecular complexity index is 2090. The van der Waals surface area contributed by atoms with Gasteiger partial charge in [-0.2, -0.15) is 13.2 Å². The van der Waals surface area contributed by atoms with E-state index in [0.29, 0.717) is 25.0 Å². The number of nitrogens with one attached hydrogen (secondary N) is 3. The standard InChI is InChI=1S/C42H44F5N3O7/c1-41(2,3)50-40(55)57-36(39(53)54)24-10-14-31(43)28(19-24)22-11-16-33(56-4)29(17-22)37(51)49-35-23-9-13-26(27(18-23)21-7-5-6-8-21)34(35)38(52)48-25-12-15-32(44)30(20-25)42(45,46)47/h10-12,14-21,23,26,34-36H,5-9,13H2,1-4H3,(H,48,52)(H,49,51)(H,50,55)(H,53,54)/t23?,26?,34-,35+,36?/m0/s1. The molecule has 304 valence electrons. The van der Waals surface area contributed by atoms with Crippen molar-refractivity contribution in [3.8, 4) is 16.9 Å². The van der Waals surface area contributed by atoms with E-state index in [9.17, 15) is 41.8 Å². The number of carboxylic acids is 1. The van der Waals surface area contributed by atoms with Crippen molar-refractivity contribution < 1.29 is 55.7 Å². The van der Waals surface area contributed by atoms with Gasteiger partial charge in [0, 0.05) is 28.4 Å². The molecule has 3 aromatic carbocycles. The molecule has 0 saturated heterocycles. The highest BCUT2D eigenvalue weighted by Gasteiger charge is 2.50. The summed E-state index contributed by atoms with van der Waals surface area (Å²) in [7, 11) is 1.33. The van der Waals surface area contributed by atoms with Crippen LogP contribution in [0.15, 0.2) is 66.2 Å². The van der Waals surface area contributed by atoms with E-state index in [0.717, 1.165) is 43.4 Å². The van der Waals surface area contributed by atoms with Crippen LogP contribution in [0.5, 0.6) is 5.75 Å². The summed E-state index contributed by atoms with van der Waals surface area (Å²) >= 11 is 0. The first kappa shape index (κ1) is 41.2. The normalized spacial score (nSPS) is 21.3. The minimum Gasteiger partial charge on any atom is -0.496 e. The van der Waals surface area contributed by atoms with Crippen molar-refractivity contribution in [2.45, 2.75) is 83.2 Å². The van der Waals surface area contributed by atoms with Gasteiger partial charge in [-0.05, 0) is 112 Å². The Morgan fingerprint density at radius 1 is 0.877 bits per heavy atom. The smallest absolute Gasteiger partial charge is 0.419 e. The van der Waals surface area contributed by atoms with Gasteiger partial charge in [-0.3, -0.25) is 9.59 Å². The van der Waals surface area contributed by atoms with E-state index in [2.05, 4.69) is 22.0 Å². The molecule has 2 fully saturated rings. The number of hydrogen-bond donors (Lipinski definition) is 4. The Labute approximate surface area is 326 Å². The highest BCUT2D eigenvalue weighted by molar-refractivity contribution is 6.00. The van der Waals surface area contributed by atoms with E-state index in [4.69, 9.17) is 9.47 Å². The Kier molecular flexibility index (Phi) is 11.7. The molecule has 15 heteroatoms. The molecule has 10 nitrogen and oxygen atoms in total. The summed E-state index contributed by atoms with van der Waals surface area (Å²) in [6.45, 7) is 5.04. The van der Waals surface area contributed by atoms with E-state index in [1.165, 1.54) is 37.4 Å². The number of rotatable bonds is 10. The largest absolute Gasteiger partial charge is 0.496 e. The summed E-state index contributed by atoms with van der Waals surface area (Å²) < 4.78 is 80.9. The van der Waals surface area contributed by atoms with Crippen LogP contribution in [0.2, 0.25) is 0 Å². The first-order valence-electron chi connectivity index (χ1n) is 18.7. The molecule has 5 atom stereocenters. The maximum atomic E-state index is 15.5. The topological polar surface area (TPSA) is 143 Å². The Morgan fingerprint density at radius 3 is 2.23 bits per heavy atom. The van der Waals surface area contributed by atoms with Crippen LogP contribution in [-0.2, 0) is 20.5 Å². The van der Waals surface area contributed by atoms with Crippen LogP contribution in [0.1, 0.15) is 86.9 Å². The van der Waals surface area contributed by atoms with Gasteiger partial charge in [0.25, 0.3) is 5.91 Å². The summed E-state index contributed by atoms with van der Waals surface area (Å²) in [4.78, 5) is 53.0. The molecule has 0 aliphatic heterocycles. The molecule has 2 saturated carbocycles. The monoisotopic (exact) mass is 797 g/mol. The minimum absolute atomic E-state index is 0.0376. The van der Waals surface area contributed by atoms with E-state index >= 15 is 4.39 Å². The van der Waals surface area contributed by atoms with Gasteiger partial charge >= 0.3 is 18.2 Å². The Hall–Kier alpha value is -5.47. The molecular formula is C42H44F5N3O7. The Balaban J connectivity index is 1.32. The number of carbonyl (C=O) groups is 4. The van der Waals surface area contributed by atoms with Crippen LogP contribution >= 0.6 is 0 Å². The van der Waals surface area contributed by atoms with Crippen LogP contribution in [0, 0.1) is 35.3 Å². The van der Waals surface area contributed by atoms with Crippen molar-refractivity contribution in [1.29, 1.82) is 0 Å². The molecule has 3 unspecified atom stereocenters. The van der Waals surface area contributed by atoms with E-state index < -0.39 is 70.9 Å². The zero-order chi connectivity index (χ0) is 41.4. The number of hydrogen-bond acceptors (Lipinski definition) is 6. The fourth-order valence-electron chi connectivity index (χ4n) is 8.38. The molecular weight excluding hydrogens is 753 g/mol. The molecule has 0 radical (unpaired) electrons. The van der Waals surface area contributed by atoms with Crippen molar-refractivity contribution in [2.75, 3.05) is 12.4 Å². The summed E-state index contributed by atoms with van der Waals surface area (Å²) in [5.41, 5.74) is -1.42. The van der Waals surface area contributed by atoms with E-state index in [1.807, 2.05) is 0 Å². The molecule has 0 aromatic heterocycles. The van der Waals surface area contributed by atoms with Crippen molar-refractivity contribution in [2.24, 2.45) is 23.7 Å². The zero-order valence-electron chi connectivity index (χ0n) is 31.8. The van der Waals surface area contributed by atoms with Gasteiger partial charge in [0.1, 0.15) is 17.4 Å². The highest BCUT2D eigenvalue weighted by atomic mass is 19.4. The lowest BCUT2D eigenvalue weighted by molar-refractivity contribution is -0.147. The first-order chi connectivity index (χ1) is 26.8. The second kappa shape index (κ2) is 16.2. The van der Waals surface area contributed by atoms with Gasteiger partial charge < -0.3 is 30.5 Å². The number of methoxy groups -OCH3 is 1. The summed E-state index contributed by atoms with van der Waals surface area (Å²) in [6.07, 6.45) is -0.452. The fraction of sp³-hybridized carbons (Fsp3) is 0.429. The molecule has 3 amide bonds. The van der Waals surface area contributed by atoms with Gasteiger partial charge in [0.05, 0.1) is 24.2 Å². The summed E-state index contributed by atoms with van der Waals surface area (Å²) in [6, 6.07) is 9.09. The molecule has 2 bridgehead atoms. The third kappa shape index (κ3) is 9.07. The number of alkyl carbamates (subject to hydrolysis) is 1. The number of amides is 3. The van der Waals surface area contributed by atoms with Crippen molar-refractivity contribution >= 4 is 29.6 Å². The third-order valence-electron chi connectivity index (χ3n) is 10.9. The molecule has 0 spiro atoms. The number of carboxylic acid groups (broad SMARTS) is 1. The van der Waals surface area contributed by atoms with Crippen molar-refractivity contribution in [3.05, 3.63) is 94.6 Å². The lowest BCUT2D eigenvalue weighted by Crippen LogP contribution is -2.57. The van der Waals surface area contributed by atoms with Gasteiger partial charge in [-0.15, -0.1) is 0 Å². The number of fused-ring (bicyclic) bond motifs is 2. The van der Waals surface area contributed by atoms with E-state index in [-0.39, 0.29) is 51.4 Å². The highest BCUT2D eigenvalue weighted by Crippen LogP contribution is 2.51. The third-order valence-corrected chi connectivity index (χ3v) is 10.9. The lowest BCUT2D eigenvalue weighted by atomic mass is 9.59. The molecule has 0 heterocycles. The summed E-state index contributed by atoms with van der Waals surface area (Å²) in [5.74, 6) is -6.19. The molecule has 4 aliphatic carbocycles. The number of halogens is 5. The van der Waals surface area contributed by atoms with Crippen LogP contribution < -0.4 is 20.7 Å². The number of benzene rings is 3. The number of alkyl halides is 3. The van der Waals surface area contributed by atoms with Crippen LogP contribution in [0.4, 0.5) is 32.4 Å². The number of aliphatic carboxylic acids is 1. The number of ether oxygens (including phenoxy) is 2. The van der Waals surface area contributed by atoms with Crippen molar-refractivity contribution in [3.63, 3.8) is 0 Å². The number of allylic oxidation sites excluding steroid dienone is 1. The molecule has 4 N–H and O–H groups in total. The fourth-order valence-corrected chi connectivity index (χ4v) is 8.38. The predicted octanol–water partition coefficient (Wildman–Crippen LogP) is 8.82. The number of carbonyl (C=O) groups excluding carboxylic acids is 3. The average molecular weight is 798 g/mol. The molecule has 3 aromatic rings. The number of anilines is 1. The van der Waals surface area contributed by atoms with Crippen LogP contribution in [0.25, 0.3) is 11.1 Å². The second-order valence-electron chi connectivity index (χ2n) is 15.9. The van der Waals surface area contributed by atoms with Crippen LogP contribution in [0.3, 0.4) is 0 Å². The van der Waals surface area contributed by atoms with Gasteiger partial charge in [-0.1, -0.05) is 36.6 Å². The zero-order valence-corrected chi connectivity index (χ0v) is 31.8. The Morgan fingerprint density at radius 2 is 1.58 bits per heavy atom. The van der Waals surface area contributed by atoms with Gasteiger partial charge in [0.2, 0.25) is 12.0 Å². The first-order valence-corrected chi connectivity index (χ1v) is 18.7. The predicted molar refractivity (Wildman–Crippen MR) is 199 cm³/mol. The van der Waals surface area contributed by atoms with Crippen LogP contribution in [-0.4, -0.2) is 47.7 Å². The van der Waals surface area contributed by atoms with Gasteiger partial charge in [0.15, 0.2) is 0 Å².